The molecule has 2 aromatic carbocycles. The number of hydrogen-bond acceptors (Lipinski definition) is 3. The number of ether oxygens (including phenoxy) is 1. The smallest absolute Gasteiger partial charge is 0.330 e. The van der Waals surface area contributed by atoms with E-state index in [0.29, 0.717) is 12.2 Å². The van der Waals surface area contributed by atoms with Gasteiger partial charge in [-0.3, -0.25) is 0 Å². The number of para-hydroxylation sites is 1. The molecule has 0 aliphatic heterocycles. The van der Waals surface area contributed by atoms with Crippen molar-refractivity contribution in [2.24, 2.45) is 0 Å². The molecule has 0 saturated carbocycles. The number of carbonyl (C=O) groups is 1. The highest BCUT2D eigenvalue weighted by atomic mass is 16.5. The third-order valence-electron chi connectivity index (χ3n) is 3.56. The van der Waals surface area contributed by atoms with Crippen LogP contribution in [0.4, 0.5) is 0 Å². The maximum absolute atomic E-state index is 11.2. The highest BCUT2D eigenvalue weighted by Crippen LogP contribution is 2.23. The zero-order valence-electron chi connectivity index (χ0n) is 13.3. The standard InChI is InChI=1S/C20H20O3/c1-15-7-5-11-18(20(15)22)12-6-10-16-8-3-4-9-17(16)13-14-19(21)23-2/h3-9,11-14,22H,10H2,1-2H3. The van der Waals surface area contributed by atoms with Crippen LogP contribution in [0.5, 0.6) is 5.75 Å². The third-order valence-corrected chi connectivity index (χ3v) is 3.56. The minimum atomic E-state index is -0.375. The Bertz CT molecular complexity index is 742. The first kappa shape index (κ1) is 16.6. The minimum Gasteiger partial charge on any atom is -0.507 e. The molecule has 0 aromatic heterocycles. The van der Waals surface area contributed by atoms with E-state index < -0.39 is 0 Å². The van der Waals surface area contributed by atoms with Crippen LogP contribution in [0.25, 0.3) is 12.2 Å². The van der Waals surface area contributed by atoms with Crippen LogP contribution in [0.2, 0.25) is 0 Å². The molecule has 2 rings (SSSR count). The van der Waals surface area contributed by atoms with Crippen molar-refractivity contribution in [2.75, 3.05) is 7.11 Å². The Morgan fingerprint density at radius 1 is 1.09 bits per heavy atom. The van der Waals surface area contributed by atoms with Crippen molar-refractivity contribution < 1.29 is 14.6 Å². The zero-order chi connectivity index (χ0) is 16.7. The summed E-state index contributed by atoms with van der Waals surface area (Å²) in [6.07, 6.45) is 7.77. The van der Waals surface area contributed by atoms with Crippen LogP contribution in [0.3, 0.4) is 0 Å². The van der Waals surface area contributed by atoms with E-state index in [2.05, 4.69) is 4.74 Å². The highest BCUT2D eigenvalue weighted by molar-refractivity contribution is 5.87. The first-order valence-electron chi connectivity index (χ1n) is 7.41. The van der Waals surface area contributed by atoms with E-state index >= 15 is 0 Å². The van der Waals surface area contributed by atoms with Gasteiger partial charge in [0.2, 0.25) is 0 Å². The number of rotatable bonds is 5. The summed E-state index contributed by atoms with van der Waals surface area (Å²) in [7, 11) is 1.36. The molecule has 2 aromatic rings. The Labute approximate surface area is 136 Å². The summed E-state index contributed by atoms with van der Waals surface area (Å²) >= 11 is 0. The number of phenols is 1. The van der Waals surface area contributed by atoms with E-state index in [-0.39, 0.29) is 5.97 Å². The number of esters is 1. The molecule has 118 valence electrons. The predicted molar refractivity (Wildman–Crippen MR) is 93.1 cm³/mol. The number of benzene rings is 2. The fourth-order valence-electron chi connectivity index (χ4n) is 2.24. The maximum atomic E-state index is 11.2. The van der Waals surface area contributed by atoms with E-state index in [1.54, 1.807) is 6.08 Å². The second kappa shape index (κ2) is 7.99. The Balaban J connectivity index is 2.14. The van der Waals surface area contributed by atoms with Gasteiger partial charge in [0.15, 0.2) is 0 Å². The van der Waals surface area contributed by atoms with Crippen molar-refractivity contribution in [2.45, 2.75) is 13.3 Å². The zero-order valence-corrected chi connectivity index (χ0v) is 13.3. The molecule has 0 heterocycles. The summed E-state index contributed by atoms with van der Waals surface area (Å²) in [4.78, 5) is 11.2. The van der Waals surface area contributed by atoms with Gasteiger partial charge in [-0.05, 0) is 36.1 Å². The Hall–Kier alpha value is -2.81. The molecule has 23 heavy (non-hydrogen) atoms. The first-order valence-corrected chi connectivity index (χ1v) is 7.41. The fraction of sp³-hybridized carbons (Fsp3) is 0.150. The van der Waals surface area contributed by atoms with Crippen molar-refractivity contribution in [3.63, 3.8) is 0 Å². The molecule has 0 atom stereocenters. The van der Waals surface area contributed by atoms with Crippen molar-refractivity contribution in [1.82, 2.24) is 0 Å². The summed E-state index contributed by atoms with van der Waals surface area (Å²) in [5.74, 6) is -0.0670. The van der Waals surface area contributed by atoms with Crippen LogP contribution in [0, 0.1) is 6.92 Å². The van der Waals surface area contributed by atoms with Crippen molar-refractivity contribution in [3.8, 4) is 5.75 Å². The number of allylic oxidation sites excluding steroid dienone is 1. The molecule has 0 amide bonds. The lowest BCUT2D eigenvalue weighted by molar-refractivity contribution is -0.134. The number of hydrogen-bond donors (Lipinski definition) is 1. The van der Waals surface area contributed by atoms with Gasteiger partial charge in [0.25, 0.3) is 0 Å². The van der Waals surface area contributed by atoms with Crippen LogP contribution >= 0.6 is 0 Å². The van der Waals surface area contributed by atoms with E-state index in [4.69, 9.17) is 0 Å². The largest absolute Gasteiger partial charge is 0.507 e. The summed E-state index contributed by atoms with van der Waals surface area (Å²) in [6, 6.07) is 13.5. The molecule has 0 aliphatic carbocycles. The second-order valence-electron chi connectivity index (χ2n) is 5.17. The molecular weight excluding hydrogens is 288 g/mol. The van der Waals surface area contributed by atoms with Crippen LogP contribution in [-0.4, -0.2) is 18.2 Å². The minimum absolute atomic E-state index is 0.308. The summed E-state index contributed by atoms with van der Waals surface area (Å²) in [5.41, 5.74) is 3.72. The Morgan fingerprint density at radius 2 is 1.83 bits per heavy atom. The molecular formula is C20H20O3. The van der Waals surface area contributed by atoms with Crippen molar-refractivity contribution >= 4 is 18.1 Å². The third kappa shape index (κ3) is 4.58. The topological polar surface area (TPSA) is 46.5 Å². The fourth-order valence-corrected chi connectivity index (χ4v) is 2.24. The van der Waals surface area contributed by atoms with Crippen LogP contribution in [-0.2, 0) is 16.0 Å². The average molecular weight is 308 g/mol. The lowest BCUT2D eigenvalue weighted by Gasteiger charge is -2.04. The lowest BCUT2D eigenvalue weighted by Crippen LogP contribution is -1.94. The quantitative estimate of drug-likeness (QED) is 0.667. The van der Waals surface area contributed by atoms with Gasteiger partial charge in [-0.15, -0.1) is 0 Å². The normalized spacial score (nSPS) is 11.2. The molecule has 0 spiro atoms. The van der Waals surface area contributed by atoms with Gasteiger partial charge in [-0.1, -0.05) is 54.6 Å². The molecule has 0 unspecified atom stereocenters. The van der Waals surface area contributed by atoms with Gasteiger partial charge in [0, 0.05) is 11.6 Å². The van der Waals surface area contributed by atoms with Crippen LogP contribution in [0.15, 0.2) is 54.6 Å². The number of aromatic hydroxyl groups is 1. The van der Waals surface area contributed by atoms with E-state index in [1.807, 2.05) is 61.5 Å². The molecule has 0 bridgehead atoms. The Kier molecular flexibility index (Phi) is 5.75. The van der Waals surface area contributed by atoms with Gasteiger partial charge in [-0.25, -0.2) is 4.79 Å². The molecule has 3 nitrogen and oxygen atoms in total. The van der Waals surface area contributed by atoms with Gasteiger partial charge >= 0.3 is 5.97 Å². The number of phenolic OH excluding ortho intramolecular Hbond substituents is 1. The van der Waals surface area contributed by atoms with Gasteiger partial charge in [0.05, 0.1) is 7.11 Å². The molecule has 0 saturated heterocycles. The number of aryl methyl sites for hydroxylation is 1. The molecule has 1 N–H and O–H groups in total. The van der Waals surface area contributed by atoms with E-state index in [9.17, 15) is 9.90 Å². The molecule has 0 fully saturated rings. The molecule has 0 radical (unpaired) electrons. The molecule has 0 aliphatic rings. The number of methoxy groups -OCH3 is 1. The predicted octanol–water partition coefficient (Wildman–Crippen LogP) is 4.14. The Morgan fingerprint density at radius 3 is 2.61 bits per heavy atom. The van der Waals surface area contributed by atoms with Crippen molar-refractivity contribution in [3.05, 3.63) is 76.9 Å². The summed E-state index contributed by atoms with van der Waals surface area (Å²) in [6.45, 7) is 1.87. The maximum Gasteiger partial charge on any atom is 0.330 e. The average Bonchev–Trinajstić information content (AvgIpc) is 2.57. The lowest BCUT2D eigenvalue weighted by atomic mass is 10.0. The first-order chi connectivity index (χ1) is 11.1. The summed E-state index contributed by atoms with van der Waals surface area (Å²) in [5, 5.41) is 10.0. The van der Waals surface area contributed by atoms with Gasteiger partial charge in [-0.2, -0.15) is 0 Å². The highest BCUT2D eigenvalue weighted by Gasteiger charge is 2.01. The SMILES string of the molecule is COC(=O)C=Cc1ccccc1CC=Cc1cccc(C)c1O. The van der Waals surface area contributed by atoms with Crippen molar-refractivity contribution in [1.29, 1.82) is 0 Å². The number of carbonyl (C=O) groups excluding carboxylic acids is 1. The monoisotopic (exact) mass is 308 g/mol. The second-order valence-corrected chi connectivity index (χ2v) is 5.17. The summed E-state index contributed by atoms with van der Waals surface area (Å²) < 4.78 is 4.61. The van der Waals surface area contributed by atoms with E-state index in [1.165, 1.54) is 13.2 Å². The van der Waals surface area contributed by atoms with Gasteiger partial charge in [0.1, 0.15) is 5.75 Å². The van der Waals surface area contributed by atoms with E-state index in [0.717, 1.165) is 22.3 Å². The van der Waals surface area contributed by atoms with Crippen LogP contribution < -0.4 is 0 Å². The van der Waals surface area contributed by atoms with Gasteiger partial charge < -0.3 is 9.84 Å². The van der Waals surface area contributed by atoms with Crippen LogP contribution in [0.1, 0.15) is 22.3 Å². The molecule has 3 heteroatoms.